The molecule has 1 unspecified atom stereocenters. The molecule has 1 atom stereocenters. The van der Waals surface area contributed by atoms with E-state index >= 15 is 0 Å². The van der Waals surface area contributed by atoms with Crippen molar-refractivity contribution in [2.24, 2.45) is 5.73 Å². The molecule has 100 valence electrons. The molecule has 1 aromatic heterocycles. The molecule has 2 rings (SSSR count). The summed E-state index contributed by atoms with van der Waals surface area (Å²) in [4.78, 5) is 13.3. The SMILES string of the molecule is CC(N)c1cccc(-n2ccc(C(=O)N(C)C)n2)c1. The quantitative estimate of drug-likeness (QED) is 0.909. The lowest BCUT2D eigenvalue weighted by atomic mass is 10.1. The summed E-state index contributed by atoms with van der Waals surface area (Å²) in [6.07, 6.45) is 1.77. The lowest BCUT2D eigenvalue weighted by molar-refractivity contribution is 0.0821. The van der Waals surface area contributed by atoms with Crippen molar-refractivity contribution < 1.29 is 4.79 Å². The van der Waals surface area contributed by atoms with Crippen LogP contribution in [0.25, 0.3) is 5.69 Å². The summed E-state index contributed by atoms with van der Waals surface area (Å²) in [5.41, 5.74) is 8.22. The first-order valence-corrected chi connectivity index (χ1v) is 6.12. The van der Waals surface area contributed by atoms with E-state index in [2.05, 4.69) is 5.10 Å². The smallest absolute Gasteiger partial charge is 0.273 e. The molecule has 0 radical (unpaired) electrons. The van der Waals surface area contributed by atoms with E-state index in [1.807, 2.05) is 31.2 Å². The van der Waals surface area contributed by atoms with Crippen LogP contribution in [-0.2, 0) is 0 Å². The minimum absolute atomic E-state index is 0.0293. The minimum Gasteiger partial charge on any atom is -0.343 e. The molecule has 1 heterocycles. The van der Waals surface area contributed by atoms with E-state index in [-0.39, 0.29) is 11.9 Å². The zero-order valence-electron chi connectivity index (χ0n) is 11.4. The first-order valence-electron chi connectivity index (χ1n) is 6.12. The molecule has 0 aliphatic carbocycles. The van der Waals surface area contributed by atoms with Crippen molar-refractivity contribution >= 4 is 5.91 Å². The van der Waals surface area contributed by atoms with Crippen LogP contribution in [0.3, 0.4) is 0 Å². The molecule has 0 bridgehead atoms. The van der Waals surface area contributed by atoms with Gasteiger partial charge in [-0.25, -0.2) is 4.68 Å². The molecule has 0 fully saturated rings. The van der Waals surface area contributed by atoms with Gasteiger partial charge in [-0.3, -0.25) is 4.79 Å². The molecule has 5 nitrogen and oxygen atoms in total. The maximum absolute atomic E-state index is 11.8. The monoisotopic (exact) mass is 258 g/mol. The van der Waals surface area contributed by atoms with Crippen LogP contribution < -0.4 is 5.73 Å². The van der Waals surface area contributed by atoms with E-state index in [1.54, 1.807) is 31.0 Å². The number of nitrogens with two attached hydrogens (primary N) is 1. The summed E-state index contributed by atoms with van der Waals surface area (Å²) in [6, 6.07) is 9.50. The Morgan fingerprint density at radius 2 is 2.11 bits per heavy atom. The standard InChI is InChI=1S/C14H18N4O/c1-10(15)11-5-4-6-12(9-11)18-8-7-13(16-18)14(19)17(2)3/h4-10H,15H2,1-3H3. The van der Waals surface area contributed by atoms with Crippen LogP contribution in [0.5, 0.6) is 0 Å². The van der Waals surface area contributed by atoms with Crippen molar-refractivity contribution in [3.8, 4) is 5.69 Å². The Bertz CT molecular complexity index is 587. The third-order valence-electron chi connectivity index (χ3n) is 2.87. The van der Waals surface area contributed by atoms with Gasteiger partial charge in [-0.05, 0) is 30.7 Å². The van der Waals surface area contributed by atoms with Gasteiger partial charge in [0.15, 0.2) is 5.69 Å². The Morgan fingerprint density at radius 3 is 2.74 bits per heavy atom. The van der Waals surface area contributed by atoms with E-state index in [0.29, 0.717) is 5.69 Å². The van der Waals surface area contributed by atoms with Gasteiger partial charge in [-0.2, -0.15) is 5.10 Å². The second-order valence-electron chi connectivity index (χ2n) is 4.73. The van der Waals surface area contributed by atoms with E-state index in [9.17, 15) is 4.79 Å². The second-order valence-corrected chi connectivity index (χ2v) is 4.73. The fourth-order valence-electron chi connectivity index (χ4n) is 1.76. The first-order chi connectivity index (χ1) is 8.99. The summed E-state index contributed by atoms with van der Waals surface area (Å²) < 4.78 is 1.68. The van der Waals surface area contributed by atoms with E-state index < -0.39 is 0 Å². The van der Waals surface area contributed by atoms with Crippen molar-refractivity contribution in [2.45, 2.75) is 13.0 Å². The van der Waals surface area contributed by atoms with Gasteiger partial charge in [0.05, 0.1) is 5.69 Å². The average molecular weight is 258 g/mol. The van der Waals surface area contributed by atoms with Crippen LogP contribution in [-0.4, -0.2) is 34.7 Å². The summed E-state index contributed by atoms with van der Waals surface area (Å²) in [5, 5.41) is 4.29. The normalized spacial score (nSPS) is 12.2. The van der Waals surface area contributed by atoms with E-state index in [4.69, 9.17) is 5.73 Å². The van der Waals surface area contributed by atoms with Gasteiger partial charge in [0.1, 0.15) is 0 Å². The Labute approximate surface area is 112 Å². The number of rotatable bonds is 3. The highest BCUT2D eigenvalue weighted by molar-refractivity contribution is 5.91. The average Bonchev–Trinajstić information content (AvgIpc) is 2.87. The summed E-state index contributed by atoms with van der Waals surface area (Å²) >= 11 is 0. The minimum atomic E-state index is -0.109. The zero-order valence-corrected chi connectivity index (χ0v) is 11.4. The molecule has 5 heteroatoms. The highest BCUT2D eigenvalue weighted by Gasteiger charge is 2.12. The van der Waals surface area contributed by atoms with Gasteiger partial charge in [-0.1, -0.05) is 12.1 Å². The molecular weight excluding hydrogens is 240 g/mol. The molecule has 0 aliphatic heterocycles. The molecule has 0 saturated carbocycles. The predicted molar refractivity (Wildman–Crippen MR) is 74.2 cm³/mol. The van der Waals surface area contributed by atoms with Crippen LogP contribution in [0, 0.1) is 0 Å². The molecule has 2 aromatic rings. The number of amides is 1. The summed E-state index contributed by atoms with van der Waals surface area (Å²) in [7, 11) is 3.41. The highest BCUT2D eigenvalue weighted by atomic mass is 16.2. The van der Waals surface area contributed by atoms with Crippen molar-refractivity contribution in [3.05, 3.63) is 47.8 Å². The molecule has 0 spiro atoms. The van der Waals surface area contributed by atoms with Crippen LogP contribution in [0.15, 0.2) is 36.5 Å². The van der Waals surface area contributed by atoms with Crippen molar-refractivity contribution in [1.29, 1.82) is 0 Å². The summed E-state index contributed by atoms with van der Waals surface area (Å²) in [5.74, 6) is -0.109. The third-order valence-corrected chi connectivity index (χ3v) is 2.87. The molecule has 0 aliphatic rings. The fourth-order valence-corrected chi connectivity index (χ4v) is 1.76. The first kappa shape index (κ1) is 13.3. The van der Waals surface area contributed by atoms with Crippen LogP contribution in [0.1, 0.15) is 29.0 Å². The number of benzene rings is 1. The van der Waals surface area contributed by atoms with Crippen molar-refractivity contribution in [3.63, 3.8) is 0 Å². The summed E-state index contributed by atoms with van der Waals surface area (Å²) in [6.45, 7) is 1.93. The maximum Gasteiger partial charge on any atom is 0.273 e. The zero-order chi connectivity index (χ0) is 14.0. The Balaban J connectivity index is 2.33. The van der Waals surface area contributed by atoms with Gasteiger partial charge in [0.25, 0.3) is 5.91 Å². The van der Waals surface area contributed by atoms with Crippen LogP contribution in [0.2, 0.25) is 0 Å². The number of carbonyl (C=O) groups excluding carboxylic acids is 1. The maximum atomic E-state index is 11.8. The van der Waals surface area contributed by atoms with Crippen molar-refractivity contribution in [1.82, 2.24) is 14.7 Å². The van der Waals surface area contributed by atoms with E-state index in [1.165, 1.54) is 4.90 Å². The molecule has 0 saturated heterocycles. The Morgan fingerprint density at radius 1 is 1.37 bits per heavy atom. The number of nitrogens with zero attached hydrogens (tertiary/aromatic N) is 3. The largest absolute Gasteiger partial charge is 0.343 e. The van der Waals surface area contributed by atoms with E-state index in [0.717, 1.165) is 11.3 Å². The van der Waals surface area contributed by atoms with Crippen LogP contribution in [0.4, 0.5) is 0 Å². The lowest BCUT2D eigenvalue weighted by Crippen LogP contribution is -2.22. The van der Waals surface area contributed by atoms with Gasteiger partial charge < -0.3 is 10.6 Å². The number of hydrogen-bond donors (Lipinski definition) is 1. The Kier molecular flexibility index (Phi) is 3.66. The van der Waals surface area contributed by atoms with Gasteiger partial charge in [-0.15, -0.1) is 0 Å². The van der Waals surface area contributed by atoms with Crippen molar-refractivity contribution in [2.75, 3.05) is 14.1 Å². The highest BCUT2D eigenvalue weighted by Crippen LogP contribution is 2.15. The number of hydrogen-bond acceptors (Lipinski definition) is 3. The molecule has 1 amide bonds. The number of aromatic nitrogens is 2. The molecule has 19 heavy (non-hydrogen) atoms. The van der Waals surface area contributed by atoms with Gasteiger partial charge in [0.2, 0.25) is 0 Å². The van der Waals surface area contributed by atoms with Gasteiger partial charge in [0, 0.05) is 26.3 Å². The molecule has 2 N–H and O–H groups in total. The van der Waals surface area contributed by atoms with Crippen LogP contribution >= 0.6 is 0 Å². The Hall–Kier alpha value is -2.14. The third kappa shape index (κ3) is 2.82. The second kappa shape index (κ2) is 5.24. The predicted octanol–water partition coefficient (Wildman–Crippen LogP) is 1.59. The lowest BCUT2D eigenvalue weighted by Gasteiger charge is -2.09. The van der Waals surface area contributed by atoms with Gasteiger partial charge >= 0.3 is 0 Å². The molecule has 1 aromatic carbocycles. The fraction of sp³-hybridized carbons (Fsp3) is 0.286. The number of carbonyl (C=O) groups is 1. The molecular formula is C14H18N4O. The topological polar surface area (TPSA) is 64.2 Å².